The Morgan fingerprint density at radius 1 is 1.55 bits per heavy atom. The molecule has 0 aromatic rings. The van der Waals surface area contributed by atoms with Crippen LogP contribution in [0.25, 0.3) is 0 Å². The largest absolute Gasteiger partial charge is 0.312 e. The Morgan fingerprint density at radius 2 is 2.27 bits per heavy atom. The van der Waals surface area contributed by atoms with Gasteiger partial charge in [0, 0.05) is 19.1 Å². The predicted octanol–water partition coefficient (Wildman–Crippen LogP) is 0.690. The molecule has 1 aliphatic heterocycles. The van der Waals surface area contributed by atoms with Crippen molar-refractivity contribution in [3.05, 3.63) is 0 Å². The molecule has 11 heavy (non-hydrogen) atoms. The van der Waals surface area contributed by atoms with Crippen molar-refractivity contribution < 1.29 is 0 Å². The minimum Gasteiger partial charge on any atom is -0.312 e. The molecule has 1 spiro atoms. The second-order valence-electron chi connectivity index (χ2n) is 4.17. The van der Waals surface area contributed by atoms with Crippen LogP contribution >= 0.6 is 0 Å². The first-order valence-corrected chi connectivity index (χ1v) is 4.69. The SMILES string of the molecule is CCN[C@H]1CN(C)CC12CC2. The van der Waals surface area contributed by atoms with Crippen molar-refractivity contribution in [1.82, 2.24) is 10.2 Å². The molecule has 2 fully saturated rings. The lowest BCUT2D eigenvalue weighted by Crippen LogP contribution is -2.36. The second kappa shape index (κ2) is 2.46. The maximum Gasteiger partial charge on any atom is 0.0263 e. The third-order valence-corrected chi connectivity index (χ3v) is 3.16. The quantitative estimate of drug-likeness (QED) is 0.629. The van der Waals surface area contributed by atoms with E-state index in [1.807, 2.05) is 0 Å². The molecule has 1 atom stereocenters. The zero-order valence-electron chi connectivity index (χ0n) is 7.56. The summed E-state index contributed by atoms with van der Waals surface area (Å²) in [6, 6.07) is 0.789. The molecule has 2 heteroatoms. The molecule has 0 amide bonds. The van der Waals surface area contributed by atoms with Crippen LogP contribution in [0.15, 0.2) is 0 Å². The van der Waals surface area contributed by atoms with E-state index in [9.17, 15) is 0 Å². The third-order valence-electron chi connectivity index (χ3n) is 3.16. The molecule has 1 N–H and O–H groups in total. The standard InChI is InChI=1S/C9H18N2/c1-3-10-8-6-11(2)7-9(8)4-5-9/h8,10H,3-7H2,1-2H3/t8-/m0/s1. The van der Waals surface area contributed by atoms with E-state index < -0.39 is 0 Å². The number of nitrogens with zero attached hydrogens (tertiary/aromatic N) is 1. The monoisotopic (exact) mass is 154 g/mol. The first kappa shape index (κ1) is 7.56. The fourth-order valence-electron chi connectivity index (χ4n) is 2.41. The highest BCUT2D eigenvalue weighted by Crippen LogP contribution is 2.52. The first-order valence-electron chi connectivity index (χ1n) is 4.69. The van der Waals surface area contributed by atoms with Crippen molar-refractivity contribution in [2.45, 2.75) is 25.8 Å². The van der Waals surface area contributed by atoms with Crippen LogP contribution < -0.4 is 5.32 Å². The molecule has 0 bridgehead atoms. The second-order valence-corrected chi connectivity index (χ2v) is 4.17. The van der Waals surface area contributed by atoms with E-state index in [0.29, 0.717) is 5.41 Å². The van der Waals surface area contributed by atoms with E-state index in [-0.39, 0.29) is 0 Å². The normalized spacial score (nSPS) is 34.9. The van der Waals surface area contributed by atoms with Crippen molar-refractivity contribution >= 4 is 0 Å². The van der Waals surface area contributed by atoms with Gasteiger partial charge in [0.25, 0.3) is 0 Å². The van der Waals surface area contributed by atoms with Gasteiger partial charge >= 0.3 is 0 Å². The summed E-state index contributed by atoms with van der Waals surface area (Å²) < 4.78 is 0. The van der Waals surface area contributed by atoms with Crippen molar-refractivity contribution in [2.75, 3.05) is 26.7 Å². The average Bonchev–Trinajstić information content (AvgIpc) is 2.61. The lowest BCUT2D eigenvalue weighted by molar-refractivity contribution is 0.389. The number of likely N-dealkylation sites (N-methyl/N-ethyl adjacent to an activating group) is 2. The molecule has 1 heterocycles. The van der Waals surface area contributed by atoms with Gasteiger partial charge in [0.15, 0.2) is 0 Å². The zero-order valence-corrected chi connectivity index (χ0v) is 7.56. The number of hydrogen-bond acceptors (Lipinski definition) is 2. The van der Waals surface area contributed by atoms with Crippen LogP contribution in [-0.4, -0.2) is 37.6 Å². The van der Waals surface area contributed by atoms with Gasteiger partial charge < -0.3 is 10.2 Å². The molecular formula is C9H18N2. The molecule has 1 aliphatic carbocycles. The Bertz CT molecular complexity index is 152. The van der Waals surface area contributed by atoms with E-state index in [4.69, 9.17) is 0 Å². The zero-order chi connectivity index (χ0) is 7.90. The topological polar surface area (TPSA) is 15.3 Å². The van der Waals surface area contributed by atoms with E-state index in [1.54, 1.807) is 0 Å². The summed E-state index contributed by atoms with van der Waals surface area (Å²) in [5.74, 6) is 0. The lowest BCUT2D eigenvalue weighted by Gasteiger charge is -2.17. The molecule has 1 saturated heterocycles. The van der Waals surface area contributed by atoms with Gasteiger partial charge in [0.05, 0.1) is 0 Å². The van der Waals surface area contributed by atoms with Gasteiger partial charge in [-0.1, -0.05) is 6.92 Å². The summed E-state index contributed by atoms with van der Waals surface area (Å²) in [5, 5.41) is 3.59. The van der Waals surface area contributed by atoms with Crippen LogP contribution in [0, 0.1) is 5.41 Å². The Morgan fingerprint density at radius 3 is 2.82 bits per heavy atom. The number of hydrogen-bond donors (Lipinski definition) is 1. The minimum atomic E-state index is 0.699. The lowest BCUT2D eigenvalue weighted by atomic mass is 10.0. The minimum absolute atomic E-state index is 0.699. The van der Waals surface area contributed by atoms with Gasteiger partial charge in [-0.05, 0) is 31.8 Å². The third kappa shape index (κ3) is 1.18. The summed E-state index contributed by atoms with van der Waals surface area (Å²) in [4.78, 5) is 2.46. The highest BCUT2D eigenvalue weighted by atomic mass is 15.2. The van der Waals surface area contributed by atoms with Crippen molar-refractivity contribution in [3.8, 4) is 0 Å². The highest BCUT2D eigenvalue weighted by molar-refractivity contribution is 5.08. The fraction of sp³-hybridized carbons (Fsp3) is 1.00. The van der Waals surface area contributed by atoms with Gasteiger partial charge in [0.1, 0.15) is 0 Å². The van der Waals surface area contributed by atoms with Crippen LogP contribution in [0.2, 0.25) is 0 Å². The average molecular weight is 154 g/mol. The van der Waals surface area contributed by atoms with Gasteiger partial charge in [0.2, 0.25) is 0 Å². The van der Waals surface area contributed by atoms with E-state index in [2.05, 4.69) is 24.2 Å². The molecule has 2 aliphatic rings. The Kier molecular flexibility index (Phi) is 1.69. The molecule has 1 saturated carbocycles. The Hall–Kier alpha value is -0.0800. The summed E-state index contributed by atoms with van der Waals surface area (Å²) >= 11 is 0. The molecule has 0 aromatic heterocycles. The maximum atomic E-state index is 3.59. The van der Waals surface area contributed by atoms with Crippen LogP contribution in [0.4, 0.5) is 0 Å². The highest BCUT2D eigenvalue weighted by Gasteiger charge is 2.53. The maximum absolute atomic E-state index is 3.59. The van der Waals surface area contributed by atoms with E-state index >= 15 is 0 Å². The molecular weight excluding hydrogens is 136 g/mol. The molecule has 2 rings (SSSR count). The van der Waals surface area contributed by atoms with E-state index in [0.717, 1.165) is 12.6 Å². The van der Waals surface area contributed by atoms with Crippen molar-refractivity contribution in [1.29, 1.82) is 0 Å². The first-order chi connectivity index (χ1) is 5.27. The summed E-state index contributed by atoms with van der Waals surface area (Å²) in [5.41, 5.74) is 0.699. The van der Waals surface area contributed by atoms with Gasteiger partial charge in [-0.15, -0.1) is 0 Å². The molecule has 0 radical (unpaired) electrons. The number of rotatable bonds is 2. The summed E-state index contributed by atoms with van der Waals surface area (Å²) in [6.07, 6.45) is 2.91. The van der Waals surface area contributed by atoms with Crippen LogP contribution in [0.3, 0.4) is 0 Å². The number of likely N-dealkylation sites (tertiary alicyclic amines) is 1. The van der Waals surface area contributed by atoms with Gasteiger partial charge in [-0.25, -0.2) is 0 Å². The van der Waals surface area contributed by atoms with Gasteiger partial charge in [-0.3, -0.25) is 0 Å². The van der Waals surface area contributed by atoms with E-state index in [1.165, 1.54) is 25.9 Å². The smallest absolute Gasteiger partial charge is 0.0263 e. The van der Waals surface area contributed by atoms with Crippen molar-refractivity contribution in [2.24, 2.45) is 5.41 Å². The Labute approximate surface area is 69.0 Å². The van der Waals surface area contributed by atoms with Crippen LogP contribution in [-0.2, 0) is 0 Å². The van der Waals surface area contributed by atoms with Crippen molar-refractivity contribution in [3.63, 3.8) is 0 Å². The molecule has 0 unspecified atom stereocenters. The fourth-order valence-corrected chi connectivity index (χ4v) is 2.41. The molecule has 2 nitrogen and oxygen atoms in total. The molecule has 64 valence electrons. The predicted molar refractivity (Wildman–Crippen MR) is 46.6 cm³/mol. The Balaban J connectivity index is 1.97. The summed E-state index contributed by atoms with van der Waals surface area (Å²) in [6.45, 7) is 5.91. The van der Waals surface area contributed by atoms with Gasteiger partial charge in [-0.2, -0.15) is 0 Å². The molecule has 0 aromatic carbocycles. The number of nitrogens with one attached hydrogen (secondary N) is 1. The van der Waals surface area contributed by atoms with Crippen LogP contribution in [0.5, 0.6) is 0 Å². The summed E-state index contributed by atoms with van der Waals surface area (Å²) in [7, 11) is 2.23. The van der Waals surface area contributed by atoms with Crippen LogP contribution in [0.1, 0.15) is 19.8 Å².